The van der Waals surface area contributed by atoms with Crippen LogP contribution in [0.5, 0.6) is 11.5 Å². The van der Waals surface area contributed by atoms with Crippen molar-refractivity contribution in [1.82, 2.24) is 13.5 Å². The maximum Gasteiger partial charge on any atom is 0.534 e. The van der Waals surface area contributed by atoms with Crippen molar-refractivity contribution in [3.63, 3.8) is 0 Å². The van der Waals surface area contributed by atoms with Crippen molar-refractivity contribution in [2.24, 2.45) is 0 Å². The topological polar surface area (TPSA) is 123 Å². The second-order valence-corrected chi connectivity index (χ2v) is 16.8. The lowest BCUT2D eigenvalue weighted by molar-refractivity contribution is -0.136. The summed E-state index contributed by atoms with van der Waals surface area (Å²) in [6.07, 6.45) is 9.15. The van der Waals surface area contributed by atoms with E-state index in [4.69, 9.17) is 15.9 Å². The molecule has 0 unspecified atom stereocenters. The summed E-state index contributed by atoms with van der Waals surface area (Å²) in [5.74, 6) is 2.58. The third kappa shape index (κ3) is 9.95. The Balaban J connectivity index is 1.52. The molecule has 0 bridgehead atoms. The number of carbonyl (C=O) groups is 1. The van der Waals surface area contributed by atoms with E-state index in [0.717, 1.165) is 15.9 Å². The predicted molar refractivity (Wildman–Crippen MR) is 185 cm³/mol. The summed E-state index contributed by atoms with van der Waals surface area (Å²) in [7, 11) is -5.27. The van der Waals surface area contributed by atoms with Crippen molar-refractivity contribution >= 4 is 26.2 Å². The Bertz CT molecular complexity index is 1740. The molecule has 2 fully saturated rings. The highest BCUT2D eigenvalue weighted by molar-refractivity contribution is 7.88. The van der Waals surface area contributed by atoms with E-state index in [2.05, 4.69) is 10.1 Å². The van der Waals surface area contributed by atoms with E-state index in [-0.39, 0.29) is 43.5 Å². The van der Waals surface area contributed by atoms with Gasteiger partial charge < -0.3 is 18.6 Å². The number of methoxy groups -OCH3 is 1. The summed E-state index contributed by atoms with van der Waals surface area (Å²) in [5.41, 5.74) is -4.14. The van der Waals surface area contributed by atoms with Crippen molar-refractivity contribution in [1.29, 1.82) is 0 Å². The number of rotatable bonds is 15. The molecule has 0 aromatic heterocycles. The molecule has 1 saturated carbocycles. The lowest BCUT2D eigenvalue weighted by atomic mass is 9.82. The Labute approximate surface area is 299 Å². The van der Waals surface area contributed by atoms with Crippen LogP contribution in [-0.4, -0.2) is 93.8 Å². The van der Waals surface area contributed by atoms with Gasteiger partial charge in [-0.25, -0.2) is 0 Å². The van der Waals surface area contributed by atoms with E-state index in [1.54, 1.807) is 42.3 Å². The van der Waals surface area contributed by atoms with E-state index in [1.165, 1.54) is 30.5 Å². The summed E-state index contributed by atoms with van der Waals surface area (Å²) in [5, 5.41) is 0. The smallest absolute Gasteiger partial charge is 0.497 e. The van der Waals surface area contributed by atoms with E-state index >= 15 is 0 Å². The van der Waals surface area contributed by atoms with Gasteiger partial charge in [0.1, 0.15) is 11.5 Å². The van der Waals surface area contributed by atoms with E-state index < -0.39 is 43.7 Å². The average Bonchev–Trinajstić information content (AvgIpc) is 3.41. The summed E-state index contributed by atoms with van der Waals surface area (Å²) in [6, 6.07) is 11.3. The fourth-order valence-electron chi connectivity index (χ4n) is 6.82. The first-order valence-electron chi connectivity index (χ1n) is 16.8. The van der Waals surface area contributed by atoms with Gasteiger partial charge in [0.05, 0.1) is 31.9 Å². The molecule has 1 aliphatic carbocycles. The number of hydrogen-bond donors (Lipinski definition) is 0. The number of unbranched alkanes of at least 4 members (excludes halogenated alkanes) is 1. The van der Waals surface area contributed by atoms with Gasteiger partial charge in [-0.2, -0.15) is 38.6 Å². The highest BCUT2D eigenvalue weighted by Gasteiger charge is 2.49. The highest BCUT2D eigenvalue weighted by Crippen LogP contribution is 2.38. The first kappa shape index (κ1) is 40.4. The molecule has 2 aromatic carbocycles. The Hall–Kier alpha value is -3.36. The van der Waals surface area contributed by atoms with Gasteiger partial charge in [-0.05, 0) is 86.8 Å². The van der Waals surface area contributed by atoms with Gasteiger partial charge in [-0.3, -0.25) is 4.79 Å². The van der Waals surface area contributed by atoms with Crippen LogP contribution in [0.1, 0.15) is 75.3 Å². The number of benzene rings is 2. The van der Waals surface area contributed by atoms with Gasteiger partial charge >= 0.3 is 15.6 Å². The molecule has 4 rings (SSSR count). The molecule has 16 heteroatoms. The van der Waals surface area contributed by atoms with Crippen LogP contribution in [0, 0.1) is 12.3 Å². The second-order valence-electron chi connectivity index (χ2n) is 13.1. The minimum atomic E-state index is -5.80. The largest absolute Gasteiger partial charge is 0.534 e. The minimum absolute atomic E-state index is 0.0652. The maximum atomic E-state index is 13.9. The Kier molecular flexibility index (Phi) is 13.5. The SMILES string of the molecule is C#CCCCC(=O)N1[C@H](C)C[C@H](N(Cc2ccc(OC)cc2)S(=O)(=O)N(C)C)[C@@H]1COC1CCC(c2cccc(OS(=O)(=O)C(F)(F)F)c2)CC1. The fraction of sp³-hybridized carbons (Fsp3) is 0.571. The molecular formula is C35H46F3N3O8S2. The minimum Gasteiger partial charge on any atom is -0.497 e. The summed E-state index contributed by atoms with van der Waals surface area (Å²) in [4.78, 5) is 15.4. The zero-order chi connectivity index (χ0) is 37.6. The molecule has 0 spiro atoms. The van der Waals surface area contributed by atoms with Crippen LogP contribution in [0.25, 0.3) is 0 Å². The Morgan fingerprint density at radius 1 is 1.02 bits per heavy atom. The monoisotopic (exact) mass is 757 g/mol. The van der Waals surface area contributed by atoms with E-state index in [0.29, 0.717) is 56.3 Å². The van der Waals surface area contributed by atoms with Crippen molar-refractivity contribution in [2.75, 3.05) is 27.8 Å². The van der Waals surface area contributed by atoms with Crippen molar-refractivity contribution in [3.05, 3.63) is 59.7 Å². The molecule has 11 nitrogen and oxygen atoms in total. The number of terminal acetylenes is 1. The molecule has 1 saturated heterocycles. The molecule has 51 heavy (non-hydrogen) atoms. The van der Waals surface area contributed by atoms with Gasteiger partial charge in [0.15, 0.2) is 0 Å². The number of alkyl halides is 3. The zero-order valence-corrected chi connectivity index (χ0v) is 30.8. The standard InChI is InChI=1S/C35H46F3N3O8S2/c1-6-7-8-12-34(42)41-25(2)21-32(40(51(45,46)39(3)4)23-26-13-17-29(47-5)18-14-26)33(41)24-48-30-19-15-27(16-20-30)28-10-9-11-31(22-28)49-50(43,44)35(36,37)38/h1,9-11,13-14,17-18,22,25,27,30,32-33H,7-8,12,15-16,19-21,23-24H2,2-5H3/t25-,27?,30?,32+,33+/m1/s1. The number of ether oxygens (including phenoxy) is 2. The molecule has 2 aromatic rings. The van der Waals surface area contributed by atoms with Crippen LogP contribution in [0.3, 0.4) is 0 Å². The number of likely N-dealkylation sites (tertiary alicyclic amines) is 1. The lowest BCUT2D eigenvalue weighted by Crippen LogP contribution is -2.53. The Morgan fingerprint density at radius 2 is 1.69 bits per heavy atom. The Morgan fingerprint density at radius 3 is 2.27 bits per heavy atom. The molecule has 1 aliphatic heterocycles. The molecular weight excluding hydrogens is 712 g/mol. The van der Waals surface area contributed by atoms with Crippen LogP contribution in [0.15, 0.2) is 48.5 Å². The van der Waals surface area contributed by atoms with E-state index in [9.17, 15) is 34.8 Å². The van der Waals surface area contributed by atoms with Crippen molar-refractivity contribution in [2.45, 2.75) is 100 Å². The molecule has 0 N–H and O–H groups in total. The van der Waals surface area contributed by atoms with Gasteiger partial charge in [-0.15, -0.1) is 12.3 Å². The van der Waals surface area contributed by atoms with Crippen LogP contribution in [0.4, 0.5) is 13.2 Å². The molecule has 1 amide bonds. The van der Waals surface area contributed by atoms with E-state index in [1.807, 2.05) is 6.92 Å². The molecule has 1 heterocycles. The summed E-state index contributed by atoms with van der Waals surface area (Å²) < 4.78 is 108. The van der Waals surface area contributed by atoms with Gasteiger partial charge in [0.2, 0.25) is 5.91 Å². The summed E-state index contributed by atoms with van der Waals surface area (Å²) >= 11 is 0. The number of hydrogen-bond acceptors (Lipinski definition) is 8. The zero-order valence-electron chi connectivity index (χ0n) is 29.2. The maximum absolute atomic E-state index is 13.9. The third-order valence-corrected chi connectivity index (χ3v) is 12.4. The average molecular weight is 758 g/mol. The van der Waals surface area contributed by atoms with Crippen LogP contribution in [0.2, 0.25) is 0 Å². The van der Waals surface area contributed by atoms with Crippen LogP contribution < -0.4 is 8.92 Å². The fourth-order valence-corrected chi connectivity index (χ4v) is 8.57. The van der Waals surface area contributed by atoms with Gasteiger partial charge in [-0.1, -0.05) is 24.3 Å². The first-order valence-corrected chi connectivity index (χ1v) is 19.6. The van der Waals surface area contributed by atoms with Crippen LogP contribution in [-0.2, 0) is 36.4 Å². The molecule has 0 radical (unpaired) electrons. The highest BCUT2D eigenvalue weighted by atomic mass is 32.2. The molecule has 282 valence electrons. The van der Waals surface area contributed by atoms with Crippen molar-refractivity contribution < 1.29 is 48.5 Å². The first-order chi connectivity index (χ1) is 24.0. The normalized spacial score (nSPS) is 23.0. The number of nitrogens with zero attached hydrogens (tertiary/aromatic N) is 3. The lowest BCUT2D eigenvalue weighted by Gasteiger charge is -2.37. The summed E-state index contributed by atoms with van der Waals surface area (Å²) in [6.45, 7) is 2.06. The molecule has 3 atom stereocenters. The molecule has 2 aliphatic rings. The number of amides is 1. The number of carbonyl (C=O) groups excluding carboxylic acids is 1. The van der Waals surface area contributed by atoms with Gasteiger partial charge in [0.25, 0.3) is 10.2 Å². The van der Waals surface area contributed by atoms with Crippen LogP contribution >= 0.6 is 0 Å². The number of halogens is 3. The van der Waals surface area contributed by atoms with Crippen molar-refractivity contribution in [3.8, 4) is 23.8 Å². The third-order valence-electron chi connectivity index (χ3n) is 9.48. The van der Waals surface area contributed by atoms with Gasteiger partial charge in [0, 0.05) is 39.5 Å². The quantitative estimate of drug-likeness (QED) is 0.102. The second kappa shape index (κ2) is 17.0. The predicted octanol–water partition coefficient (Wildman–Crippen LogP) is 5.44.